The molecule has 94 valence electrons. The van der Waals surface area contributed by atoms with Gasteiger partial charge in [0.1, 0.15) is 0 Å². The van der Waals surface area contributed by atoms with Crippen LogP contribution in [0.1, 0.15) is 17.3 Å². The lowest BCUT2D eigenvalue weighted by molar-refractivity contribution is 0.0208. The van der Waals surface area contributed by atoms with Gasteiger partial charge in [-0.15, -0.1) is 17.0 Å². The van der Waals surface area contributed by atoms with Gasteiger partial charge in [-0.05, 0) is 6.92 Å². The summed E-state index contributed by atoms with van der Waals surface area (Å²) in [7, 11) is 0. The number of carbonyl (C=O) groups is 1. The van der Waals surface area contributed by atoms with Crippen molar-refractivity contribution in [1.82, 2.24) is 4.90 Å². The number of carbonyl (C=O) groups excluding carboxylic acids is 1. The third-order valence-electron chi connectivity index (χ3n) is 3.03. The van der Waals surface area contributed by atoms with Crippen molar-refractivity contribution < 1.29 is 9.53 Å². The molecule has 0 amide bonds. The zero-order valence-electron chi connectivity index (χ0n) is 9.96. The first-order valence-corrected chi connectivity index (χ1v) is 5.70. The topological polar surface area (TPSA) is 29.5 Å². The van der Waals surface area contributed by atoms with Crippen molar-refractivity contribution in [2.45, 2.75) is 13.0 Å². The SMILES string of the molecule is Br.CC(C(=O)c1ccccc1)N1CCOCC1. The predicted molar refractivity (Wildman–Crippen MR) is 72.9 cm³/mol. The number of nitrogens with zero attached hydrogens (tertiary/aromatic N) is 1. The standard InChI is InChI=1S/C13H17NO2.BrH/c1-11(14-7-9-16-10-8-14)13(15)12-5-3-2-4-6-12;/h2-6,11H,7-10H2,1H3;1H. The lowest BCUT2D eigenvalue weighted by Crippen LogP contribution is -2.45. The van der Waals surface area contributed by atoms with E-state index in [0.29, 0.717) is 0 Å². The van der Waals surface area contributed by atoms with Crippen LogP contribution in [0.25, 0.3) is 0 Å². The van der Waals surface area contributed by atoms with Crippen LogP contribution in [0.15, 0.2) is 30.3 Å². The van der Waals surface area contributed by atoms with Crippen molar-refractivity contribution in [2.75, 3.05) is 26.3 Å². The number of benzene rings is 1. The van der Waals surface area contributed by atoms with Gasteiger partial charge >= 0.3 is 0 Å². The third-order valence-corrected chi connectivity index (χ3v) is 3.03. The predicted octanol–water partition coefficient (Wildman–Crippen LogP) is 2.17. The molecule has 0 aromatic heterocycles. The van der Waals surface area contributed by atoms with Gasteiger partial charge in [0.15, 0.2) is 5.78 Å². The molecule has 0 spiro atoms. The summed E-state index contributed by atoms with van der Waals surface area (Å²) >= 11 is 0. The minimum absolute atomic E-state index is 0. The highest BCUT2D eigenvalue weighted by atomic mass is 79.9. The number of ketones is 1. The first kappa shape index (κ1) is 14.4. The van der Waals surface area contributed by atoms with Gasteiger partial charge in [0.2, 0.25) is 0 Å². The molecular formula is C13H18BrNO2. The fourth-order valence-electron chi connectivity index (χ4n) is 1.97. The van der Waals surface area contributed by atoms with Gasteiger partial charge in [-0.3, -0.25) is 9.69 Å². The summed E-state index contributed by atoms with van der Waals surface area (Å²) in [5, 5.41) is 0. The largest absolute Gasteiger partial charge is 0.379 e. The molecule has 2 rings (SSSR count). The second kappa shape index (κ2) is 6.89. The number of ether oxygens (including phenoxy) is 1. The fourth-order valence-corrected chi connectivity index (χ4v) is 1.97. The number of hydrogen-bond donors (Lipinski definition) is 0. The number of Topliss-reactive ketones (excluding diaryl/α,β-unsaturated/α-hetero) is 1. The van der Waals surface area contributed by atoms with E-state index in [4.69, 9.17) is 4.74 Å². The van der Waals surface area contributed by atoms with Crippen LogP contribution in [0.2, 0.25) is 0 Å². The molecule has 0 radical (unpaired) electrons. The van der Waals surface area contributed by atoms with Crippen LogP contribution >= 0.6 is 17.0 Å². The molecule has 1 atom stereocenters. The van der Waals surface area contributed by atoms with Crippen molar-refractivity contribution in [1.29, 1.82) is 0 Å². The molecule has 1 aromatic carbocycles. The molecule has 0 N–H and O–H groups in total. The van der Waals surface area contributed by atoms with E-state index in [2.05, 4.69) is 4.90 Å². The van der Waals surface area contributed by atoms with Crippen molar-refractivity contribution >= 4 is 22.8 Å². The fraction of sp³-hybridized carbons (Fsp3) is 0.462. The Morgan fingerprint density at radius 2 is 1.82 bits per heavy atom. The number of rotatable bonds is 3. The lowest BCUT2D eigenvalue weighted by Gasteiger charge is -2.31. The minimum atomic E-state index is -0.0497. The van der Waals surface area contributed by atoms with Crippen LogP contribution in [0.4, 0.5) is 0 Å². The maximum Gasteiger partial charge on any atom is 0.179 e. The minimum Gasteiger partial charge on any atom is -0.379 e. The van der Waals surface area contributed by atoms with E-state index in [0.717, 1.165) is 31.9 Å². The van der Waals surface area contributed by atoms with E-state index in [1.165, 1.54) is 0 Å². The van der Waals surface area contributed by atoms with Crippen molar-refractivity contribution in [3.8, 4) is 0 Å². The monoisotopic (exact) mass is 299 g/mol. The van der Waals surface area contributed by atoms with E-state index < -0.39 is 0 Å². The van der Waals surface area contributed by atoms with E-state index in [-0.39, 0.29) is 28.8 Å². The number of halogens is 1. The van der Waals surface area contributed by atoms with Gasteiger partial charge < -0.3 is 4.74 Å². The third kappa shape index (κ3) is 3.63. The summed E-state index contributed by atoms with van der Waals surface area (Å²) in [6.07, 6.45) is 0. The maximum atomic E-state index is 12.2. The summed E-state index contributed by atoms with van der Waals surface area (Å²) in [6, 6.07) is 9.43. The van der Waals surface area contributed by atoms with E-state index >= 15 is 0 Å². The Hall–Kier alpha value is -0.710. The first-order valence-electron chi connectivity index (χ1n) is 5.70. The van der Waals surface area contributed by atoms with Crippen LogP contribution in [-0.2, 0) is 4.74 Å². The van der Waals surface area contributed by atoms with Gasteiger partial charge in [0.05, 0.1) is 19.3 Å². The Kier molecular flexibility index (Phi) is 5.82. The van der Waals surface area contributed by atoms with Crippen LogP contribution in [0.5, 0.6) is 0 Å². The van der Waals surface area contributed by atoms with Gasteiger partial charge in [-0.25, -0.2) is 0 Å². The van der Waals surface area contributed by atoms with E-state index in [1.54, 1.807) is 0 Å². The average Bonchev–Trinajstić information content (AvgIpc) is 2.39. The molecule has 1 aliphatic rings. The molecule has 3 nitrogen and oxygen atoms in total. The second-order valence-electron chi connectivity index (χ2n) is 4.05. The maximum absolute atomic E-state index is 12.2. The summed E-state index contributed by atoms with van der Waals surface area (Å²) < 4.78 is 5.28. The Balaban J connectivity index is 0.00000144. The number of morpholine rings is 1. The molecule has 1 fully saturated rings. The molecule has 0 aliphatic carbocycles. The molecule has 17 heavy (non-hydrogen) atoms. The van der Waals surface area contributed by atoms with E-state index in [9.17, 15) is 4.79 Å². The number of hydrogen-bond acceptors (Lipinski definition) is 3. The van der Waals surface area contributed by atoms with Gasteiger partial charge in [0, 0.05) is 18.7 Å². The highest BCUT2D eigenvalue weighted by Crippen LogP contribution is 2.10. The van der Waals surface area contributed by atoms with Crippen LogP contribution < -0.4 is 0 Å². The van der Waals surface area contributed by atoms with Crippen LogP contribution in [-0.4, -0.2) is 43.0 Å². The normalized spacial score (nSPS) is 18.2. The molecule has 1 aliphatic heterocycles. The molecule has 0 saturated carbocycles. The Morgan fingerprint density at radius 3 is 2.41 bits per heavy atom. The lowest BCUT2D eigenvalue weighted by atomic mass is 10.0. The molecule has 1 aromatic rings. The zero-order valence-corrected chi connectivity index (χ0v) is 11.7. The molecule has 1 unspecified atom stereocenters. The van der Waals surface area contributed by atoms with Gasteiger partial charge in [-0.1, -0.05) is 30.3 Å². The van der Waals surface area contributed by atoms with Crippen molar-refractivity contribution in [2.24, 2.45) is 0 Å². The highest BCUT2D eigenvalue weighted by Gasteiger charge is 2.23. The highest BCUT2D eigenvalue weighted by molar-refractivity contribution is 8.93. The Morgan fingerprint density at radius 1 is 1.24 bits per heavy atom. The van der Waals surface area contributed by atoms with E-state index in [1.807, 2.05) is 37.3 Å². The second-order valence-corrected chi connectivity index (χ2v) is 4.05. The summed E-state index contributed by atoms with van der Waals surface area (Å²) in [5.74, 6) is 0.197. The summed E-state index contributed by atoms with van der Waals surface area (Å²) in [4.78, 5) is 14.3. The molecule has 0 bridgehead atoms. The summed E-state index contributed by atoms with van der Waals surface area (Å²) in [5.41, 5.74) is 0.793. The molecule has 1 heterocycles. The van der Waals surface area contributed by atoms with Crippen molar-refractivity contribution in [3.05, 3.63) is 35.9 Å². The Bertz CT molecular complexity index is 350. The molecular weight excluding hydrogens is 282 g/mol. The van der Waals surface area contributed by atoms with Gasteiger partial charge in [0.25, 0.3) is 0 Å². The van der Waals surface area contributed by atoms with Crippen LogP contribution in [0, 0.1) is 0 Å². The smallest absolute Gasteiger partial charge is 0.179 e. The van der Waals surface area contributed by atoms with Crippen molar-refractivity contribution in [3.63, 3.8) is 0 Å². The summed E-state index contributed by atoms with van der Waals surface area (Å²) in [6.45, 7) is 5.12. The first-order chi connectivity index (χ1) is 7.79. The molecule has 4 heteroatoms. The zero-order chi connectivity index (χ0) is 11.4. The average molecular weight is 300 g/mol. The quantitative estimate of drug-likeness (QED) is 0.801. The molecule has 1 saturated heterocycles. The Labute approximate surface area is 113 Å². The van der Waals surface area contributed by atoms with Crippen LogP contribution in [0.3, 0.4) is 0 Å². The van der Waals surface area contributed by atoms with Gasteiger partial charge in [-0.2, -0.15) is 0 Å².